The van der Waals surface area contributed by atoms with Crippen molar-refractivity contribution in [1.82, 2.24) is 25.1 Å². The van der Waals surface area contributed by atoms with E-state index in [0.29, 0.717) is 18.2 Å². The fraction of sp³-hybridized carbons (Fsp3) is 0.529. The third-order valence-corrected chi connectivity index (χ3v) is 4.82. The van der Waals surface area contributed by atoms with Crippen LogP contribution < -0.4 is 0 Å². The molecule has 1 aromatic heterocycles. The number of carbonyl (C=O) groups excluding carboxylic acids is 1. The average Bonchev–Trinajstić information content (AvgIpc) is 3.33. The van der Waals surface area contributed by atoms with E-state index in [1.165, 1.54) is 16.8 Å². The molecule has 0 saturated heterocycles. The lowest BCUT2D eigenvalue weighted by Gasteiger charge is -2.29. The molecule has 1 aliphatic rings. The summed E-state index contributed by atoms with van der Waals surface area (Å²) in [7, 11) is 1.82. The fourth-order valence-electron chi connectivity index (χ4n) is 3.02. The summed E-state index contributed by atoms with van der Waals surface area (Å²) in [6, 6.07) is 5.91. The van der Waals surface area contributed by atoms with Gasteiger partial charge in [0.15, 0.2) is 0 Å². The summed E-state index contributed by atoms with van der Waals surface area (Å²) in [6.45, 7) is 3.83. The zero-order valence-corrected chi connectivity index (χ0v) is 14.2. The van der Waals surface area contributed by atoms with E-state index < -0.39 is 6.04 Å². The van der Waals surface area contributed by atoms with Gasteiger partial charge in [0, 0.05) is 19.5 Å². The summed E-state index contributed by atoms with van der Waals surface area (Å²) in [5.41, 5.74) is 0.746. The van der Waals surface area contributed by atoms with Crippen molar-refractivity contribution in [3.8, 4) is 0 Å². The number of aromatic nitrogens is 4. The van der Waals surface area contributed by atoms with Crippen molar-refractivity contribution in [3.63, 3.8) is 0 Å². The Morgan fingerprint density at radius 3 is 2.79 bits per heavy atom. The van der Waals surface area contributed by atoms with Gasteiger partial charge in [-0.05, 0) is 60.7 Å². The molecule has 2 aromatic rings. The van der Waals surface area contributed by atoms with Crippen LogP contribution in [-0.2, 0) is 11.2 Å². The second-order valence-corrected chi connectivity index (χ2v) is 6.55. The van der Waals surface area contributed by atoms with Gasteiger partial charge < -0.3 is 4.90 Å². The number of aryl methyl sites for hydroxylation is 1. The molecule has 7 heteroatoms. The maximum atomic E-state index is 13.5. The Bertz CT molecular complexity index is 727. The predicted octanol–water partition coefficient (Wildman–Crippen LogP) is 2.16. The normalized spacial score (nSPS) is 16.7. The predicted molar refractivity (Wildman–Crippen MR) is 86.7 cm³/mol. The minimum absolute atomic E-state index is 0.0472. The van der Waals surface area contributed by atoms with Crippen LogP contribution in [0.25, 0.3) is 0 Å². The molecule has 1 aromatic carbocycles. The first kappa shape index (κ1) is 16.5. The van der Waals surface area contributed by atoms with Crippen molar-refractivity contribution in [2.45, 2.75) is 45.2 Å². The van der Waals surface area contributed by atoms with Gasteiger partial charge in [-0.1, -0.05) is 12.1 Å². The topological polar surface area (TPSA) is 63.9 Å². The summed E-state index contributed by atoms with van der Waals surface area (Å²) >= 11 is 0. The van der Waals surface area contributed by atoms with Crippen molar-refractivity contribution >= 4 is 5.91 Å². The Kier molecular flexibility index (Phi) is 4.59. The summed E-state index contributed by atoms with van der Waals surface area (Å²) in [5, 5.41) is 11.5. The van der Waals surface area contributed by atoms with Gasteiger partial charge in [0.05, 0.1) is 0 Å². The van der Waals surface area contributed by atoms with E-state index in [1.54, 1.807) is 17.9 Å². The Labute approximate surface area is 140 Å². The number of hydrogen-bond donors (Lipinski definition) is 0. The molecule has 128 valence electrons. The van der Waals surface area contributed by atoms with E-state index in [0.717, 1.165) is 18.4 Å². The van der Waals surface area contributed by atoms with Crippen LogP contribution in [0.1, 0.15) is 37.2 Å². The highest BCUT2D eigenvalue weighted by molar-refractivity contribution is 5.80. The van der Waals surface area contributed by atoms with E-state index >= 15 is 0 Å². The van der Waals surface area contributed by atoms with Gasteiger partial charge in [0.25, 0.3) is 0 Å². The van der Waals surface area contributed by atoms with Crippen LogP contribution in [-0.4, -0.2) is 44.1 Å². The van der Waals surface area contributed by atoms with Gasteiger partial charge in [0.2, 0.25) is 5.91 Å². The number of rotatable bonds is 6. The molecule has 1 saturated carbocycles. The number of carbonyl (C=O) groups is 1. The maximum absolute atomic E-state index is 13.5. The second kappa shape index (κ2) is 6.67. The second-order valence-electron chi connectivity index (χ2n) is 6.55. The van der Waals surface area contributed by atoms with E-state index in [1.807, 2.05) is 13.1 Å². The van der Waals surface area contributed by atoms with Gasteiger partial charge in [-0.2, -0.15) is 0 Å². The molecule has 3 rings (SSSR count). The Morgan fingerprint density at radius 1 is 1.46 bits per heavy atom. The van der Waals surface area contributed by atoms with Gasteiger partial charge >= 0.3 is 0 Å². The van der Waals surface area contributed by atoms with Crippen LogP contribution in [0.4, 0.5) is 4.39 Å². The number of benzene rings is 1. The van der Waals surface area contributed by atoms with Crippen molar-refractivity contribution in [2.24, 2.45) is 5.92 Å². The summed E-state index contributed by atoms with van der Waals surface area (Å²) in [5.74, 6) is 0.780. The summed E-state index contributed by atoms with van der Waals surface area (Å²) < 4.78 is 15.0. The van der Waals surface area contributed by atoms with Crippen molar-refractivity contribution < 1.29 is 9.18 Å². The van der Waals surface area contributed by atoms with E-state index in [2.05, 4.69) is 22.4 Å². The third kappa shape index (κ3) is 3.44. The summed E-state index contributed by atoms with van der Waals surface area (Å²) in [4.78, 5) is 14.9. The number of likely N-dealkylation sites (N-methyl/N-ethyl adjacent to an activating group) is 1. The lowest BCUT2D eigenvalue weighted by Crippen LogP contribution is -2.42. The van der Waals surface area contributed by atoms with Gasteiger partial charge in [-0.25, -0.2) is 9.07 Å². The molecule has 0 aliphatic heterocycles. The number of amides is 1. The van der Waals surface area contributed by atoms with Gasteiger partial charge in [0.1, 0.15) is 17.7 Å². The van der Waals surface area contributed by atoms with Gasteiger partial charge in [-0.3, -0.25) is 4.79 Å². The minimum Gasteiger partial charge on any atom is -0.341 e. The molecule has 1 amide bonds. The molecule has 2 atom stereocenters. The third-order valence-electron chi connectivity index (χ3n) is 4.82. The summed E-state index contributed by atoms with van der Waals surface area (Å²) in [6.07, 6.45) is 2.68. The van der Waals surface area contributed by atoms with Crippen molar-refractivity contribution in [3.05, 3.63) is 41.5 Å². The number of hydrogen-bond acceptors (Lipinski definition) is 4. The highest BCUT2D eigenvalue weighted by atomic mass is 19.1. The molecule has 2 unspecified atom stereocenters. The molecule has 0 bridgehead atoms. The van der Waals surface area contributed by atoms with Crippen LogP contribution in [0.15, 0.2) is 24.3 Å². The molecule has 1 aliphatic carbocycles. The van der Waals surface area contributed by atoms with Crippen LogP contribution in [0.3, 0.4) is 0 Å². The Morgan fingerprint density at radius 2 is 2.21 bits per heavy atom. The zero-order chi connectivity index (χ0) is 17.3. The lowest BCUT2D eigenvalue weighted by molar-refractivity contribution is -0.136. The fourth-order valence-corrected chi connectivity index (χ4v) is 3.02. The SMILES string of the molecule is Cc1nnnn1C(Cc1cccc(F)c1)C(=O)N(C)C(C)C1CC1. The van der Waals surface area contributed by atoms with Crippen LogP contribution in [0, 0.1) is 18.7 Å². The molecule has 24 heavy (non-hydrogen) atoms. The first-order valence-corrected chi connectivity index (χ1v) is 8.23. The van der Waals surface area contributed by atoms with Crippen molar-refractivity contribution in [2.75, 3.05) is 7.05 Å². The van der Waals surface area contributed by atoms with Crippen LogP contribution in [0.5, 0.6) is 0 Å². The Hall–Kier alpha value is -2.31. The zero-order valence-electron chi connectivity index (χ0n) is 14.2. The molecule has 1 heterocycles. The number of tetrazole rings is 1. The van der Waals surface area contributed by atoms with Crippen LogP contribution >= 0.6 is 0 Å². The maximum Gasteiger partial charge on any atom is 0.247 e. The van der Waals surface area contributed by atoms with E-state index in [4.69, 9.17) is 0 Å². The van der Waals surface area contributed by atoms with Crippen molar-refractivity contribution in [1.29, 1.82) is 0 Å². The first-order valence-electron chi connectivity index (χ1n) is 8.23. The standard InChI is InChI=1S/C17H22FN5O/c1-11(14-7-8-14)22(3)17(24)16(23-12(2)19-20-21-23)10-13-5-4-6-15(18)9-13/h4-6,9,11,14,16H,7-8,10H2,1-3H3. The van der Waals surface area contributed by atoms with Crippen LogP contribution in [0.2, 0.25) is 0 Å². The lowest BCUT2D eigenvalue weighted by atomic mass is 10.0. The molecule has 0 spiro atoms. The molecule has 1 fully saturated rings. The van der Waals surface area contributed by atoms with E-state index in [9.17, 15) is 9.18 Å². The highest BCUT2D eigenvalue weighted by Crippen LogP contribution is 2.35. The smallest absolute Gasteiger partial charge is 0.247 e. The molecular formula is C17H22FN5O. The number of nitrogens with zero attached hydrogens (tertiary/aromatic N) is 5. The minimum atomic E-state index is -0.576. The Balaban J connectivity index is 1.87. The molecular weight excluding hydrogens is 309 g/mol. The highest BCUT2D eigenvalue weighted by Gasteiger charge is 2.36. The molecule has 0 N–H and O–H groups in total. The average molecular weight is 331 g/mol. The first-order chi connectivity index (χ1) is 11.5. The molecule has 6 nitrogen and oxygen atoms in total. The number of halogens is 1. The monoisotopic (exact) mass is 331 g/mol. The van der Waals surface area contributed by atoms with Gasteiger partial charge in [-0.15, -0.1) is 5.10 Å². The molecule has 0 radical (unpaired) electrons. The quantitative estimate of drug-likeness (QED) is 0.814. The van der Waals surface area contributed by atoms with E-state index in [-0.39, 0.29) is 17.8 Å². The largest absolute Gasteiger partial charge is 0.341 e.